The van der Waals surface area contributed by atoms with E-state index < -0.39 is 26.6 Å². The minimum Gasteiger partial charge on any atom is -0.258 e. The van der Waals surface area contributed by atoms with Crippen LogP contribution in [0.3, 0.4) is 0 Å². The van der Waals surface area contributed by atoms with Crippen LogP contribution in [0.5, 0.6) is 0 Å². The van der Waals surface area contributed by atoms with Gasteiger partial charge in [-0.1, -0.05) is 18.2 Å². The second-order valence-corrected chi connectivity index (χ2v) is 6.53. The minimum atomic E-state index is -3.70. The number of para-hydroxylation sites is 1. The molecule has 0 aliphatic rings. The molecule has 0 aliphatic carbocycles. The first-order valence-electron chi connectivity index (χ1n) is 5.84. The van der Waals surface area contributed by atoms with Crippen molar-refractivity contribution in [2.75, 3.05) is 13.6 Å². The van der Waals surface area contributed by atoms with E-state index in [1.807, 2.05) is 6.07 Å². The second kappa shape index (κ2) is 6.45. The highest BCUT2D eigenvalue weighted by molar-refractivity contribution is 7.88. The molecule has 0 aromatic heterocycles. The lowest BCUT2D eigenvalue weighted by atomic mass is 10.2. The molecule has 1 aromatic rings. The second-order valence-electron chi connectivity index (χ2n) is 4.45. The Morgan fingerprint density at radius 3 is 2.60 bits per heavy atom. The highest BCUT2D eigenvalue weighted by Gasteiger charge is 2.24. The van der Waals surface area contributed by atoms with Crippen LogP contribution in [0.2, 0.25) is 0 Å². The smallest absolute Gasteiger partial charge is 0.258 e. The van der Waals surface area contributed by atoms with E-state index in [9.17, 15) is 18.5 Å². The van der Waals surface area contributed by atoms with Crippen molar-refractivity contribution in [1.29, 1.82) is 5.26 Å². The summed E-state index contributed by atoms with van der Waals surface area (Å²) in [5, 5.41) is 19.6. The Labute approximate surface area is 117 Å². The number of rotatable bonds is 6. The summed E-state index contributed by atoms with van der Waals surface area (Å²) in [6, 6.07) is 7.66. The molecule has 0 saturated heterocycles. The molecule has 0 amide bonds. The van der Waals surface area contributed by atoms with Crippen molar-refractivity contribution in [3.63, 3.8) is 0 Å². The Hall–Kier alpha value is -1.98. The number of nitriles is 1. The van der Waals surface area contributed by atoms with Crippen LogP contribution in [0, 0.1) is 27.4 Å². The van der Waals surface area contributed by atoms with Crippen LogP contribution >= 0.6 is 0 Å². The van der Waals surface area contributed by atoms with Crippen LogP contribution in [0.25, 0.3) is 0 Å². The molecule has 1 rings (SSSR count). The monoisotopic (exact) mass is 297 g/mol. The molecule has 0 bridgehead atoms. The Morgan fingerprint density at radius 1 is 1.45 bits per heavy atom. The fourth-order valence-corrected chi connectivity index (χ4v) is 2.97. The van der Waals surface area contributed by atoms with E-state index >= 15 is 0 Å². The summed E-state index contributed by atoms with van der Waals surface area (Å²) in [4.78, 5) is 10.2. The van der Waals surface area contributed by atoms with Gasteiger partial charge in [0.25, 0.3) is 5.69 Å². The normalized spacial score (nSPS) is 12.9. The molecule has 0 fully saturated rings. The van der Waals surface area contributed by atoms with Crippen molar-refractivity contribution >= 4 is 15.7 Å². The largest absolute Gasteiger partial charge is 0.273 e. The standard InChI is InChI=1S/C12H15N3O4S/c1-10(7-13)8-14(2)20(18,19)9-11-5-3-4-6-12(11)15(16)17/h3-6,10H,8-9H2,1-2H3. The summed E-state index contributed by atoms with van der Waals surface area (Å²) < 4.78 is 25.3. The molecule has 0 heterocycles. The molecule has 1 atom stereocenters. The summed E-state index contributed by atoms with van der Waals surface area (Å²) in [5.41, 5.74) is -0.0910. The quantitative estimate of drug-likeness (QED) is 0.584. The minimum absolute atomic E-state index is 0.0550. The highest BCUT2D eigenvalue weighted by atomic mass is 32.2. The van der Waals surface area contributed by atoms with Gasteiger partial charge in [-0.05, 0) is 6.92 Å². The molecule has 0 aliphatic heterocycles. The van der Waals surface area contributed by atoms with Crippen molar-refractivity contribution in [3.05, 3.63) is 39.9 Å². The van der Waals surface area contributed by atoms with E-state index in [0.717, 1.165) is 4.31 Å². The lowest BCUT2D eigenvalue weighted by Crippen LogP contribution is -2.31. The number of hydrogen-bond acceptors (Lipinski definition) is 5. The molecule has 0 N–H and O–H groups in total. The molecule has 1 aromatic carbocycles. The molecule has 1 unspecified atom stereocenters. The van der Waals surface area contributed by atoms with E-state index in [4.69, 9.17) is 5.26 Å². The summed E-state index contributed by atoms with van der Waals surface area (Å²) in [6.45, 7) is 1.66. The predicted molar refractivity (Wildman–Crippen MR) is 73.1 cm³/mol. The molecule has 0 saturated carbocycles. The van der Waals surface area contributed by atoms with Gasteiger partial charge in [0, 0.05) is 25.2 Å². The first-order valence-corrected chi connectivity index (χ1v) is 7.44. The Bertz CT molecular complexity index is 636. The van der Waals surface area contributed by atoms with E-state index in [2.05, 4.69) is 0 Å². The Morgan fingerprint density at radius 2 is 2.05 bits per heavy atom. The zero-order valence-corrected chi connectivity index (χ0v) is 12.0. The summed E-state index contributed by atoms with van der Waals surface area (Å²) >= 11 is 0. The third-order valence-corrected chi connectivity index (χ3v) is 4.53. The first kappa shape index (κ1) is 16.1. The number of nitrogens with zero attached hydrogens (tertiary/aromatic N) is 3. The van der Waals surface area contributed by atoms with E-state index in [1.54, 1.807) is 13.0 Å². The summed E-state index contributed by atoms with van der Waals surface area (Å²) in [7, 11) is -2.34. The molecular weight excluding hydrogens is 282 g/mol. The molecule has 8 heteroatoms. The van der Waals surface area contributed by atoms with Gasteiger partial charge >= 0.3 is 0 Å². The van der Waals surface area contributed by atoms with Gasteiger partial charge < -0.3 is 0 Å². The van der Waals surface area contributed by atoms with Crippen molar-refractivity contribution < 1.29 is 13.3 Å². The molecule has 7 nitrogen and oxygen atoms in total. The van der Waals surface area contributed by atoms with Gasteiger partial charge in [-0.25, -0.2) is 12.7 Å². The summed E-state index contributed by atoms with van der Waals surface area (Å²) in [5.74, 6) is -0.903. The number of hydrogen-bond donors (Lipinski definition) is 0. The van der Waals surface area contributed by atoms with Crippen LogP contribution in [0.4, 0.5) is 5.69 Å². The van der Waals surface area contributed by atoms with E-state index in [0.29, 0.717) is 0 Å². The first-order chi connectivity index (χ1) is 9.27. The maximum atomic E-state index is 12.1. The highest BCUT2D eigenvalue weighted by Crippen LogP contribution is 2.21. The number of benzene rings is 1. The average Bonchev–Trinajstić information content (AvgIpc) is 2.38. The molecular formula is C12H15N3O4S. The van der Waals surface area contributed by atoms with E-state index in [1.165, 1.54) is 25.2 Å². The third kappa shape index (κ3) is 4.01. The van der Waals surface area contributed by atoms with Gasteiger partial charge in [-0.3, -0.25) is 10.1 Å². The topological polar surface area (TPSA) is 104 Å². The van der Waals surface area contributed by atoms with Crippen LogP contribution in [-0.2, 0) is 15.8 Å². The maximum absolute atomic E-state index is 12.1. The van der Waals surface area contributed by atoms with Crippen LogP contribution < -0.4 is 0 Å². The number of sulfonamides is 1. The predicted octanol–water partition coefficient (Wildman–Crippen LogP) is 1.52. The van der Waals surface area contributed by atoms with Crippen molar-refractivity contribution in [2.45, 2.75) is 12.7 Å². The van der Waals surface area contributed by atoms with Gasteiger partial charge in [0.05, 0.1) is 22.7 Å². The van der Waals surface area contributed by atoms with Gasteiger partial charge in [-0.2, -0.15) is 5.26 Å². The molecule has 0 spiro atoms. The maximum Gasteiger partial charge on any atom is 0.273 e. The van der Waals surface area contributed by atoms with Gasteiger partial charge in [0.1, 0.15) is 0 Å². The zero-order chi connectivity index (χ0) is 15.3. The SMILES string of the molecule is CC(C#N)CN(C)S(=O)(=O)Cc1ccccc1[N+](=O)[O-]. The van der Waals surface area contributed by atoms with Crippen LogP contribution in [0.1, 0.15) is 12.5 Å². The average molecular weight is 297 g/mol. The lowest BCUT2D eigenvalue weighted by Gasteiger charge is -2.18. The fraction of sp³-hybridized carbons (Fsp3) is 0.417. The zero-order valence-electron chi connectivity index (χ0n) is 11.2. The summed E-state index contributed by atoms with van der Waals surface area (Å²) in [6.07, 6.45) is 0. The van der Waals surface area contributed by atoms with Gasteiger partial charge in [0.2, 0.25) is 10.0 Å². The van der Waals surface area contributed by atoms with Crippen LogP contribution in [0.15, 0.2) is 24.3 Å². The van der Waals surface area contributed by atoms with Crippen molar-refractivity contribution in [1.82, 2.24) is 4.31 Å². The fourth-order valence-electron chi connectivity index (χ4n) is 1.66. The van der Waals surface area contributed by atoms with E-state index in [-0.39, 0.29) is 17.8 Å². The Kier molecular flexibility index (Phi) is 5.19. The number of nitro groups is 1. The number of nitro benzene ring substituents is 1. The molecule has 0 radical (unpaired) electrons. The van der Waals surface area contributed by atoms with Crippen molar-refractivity contribution in [2.24, 2.45) is 5.92 Å². The van der Waals surface area contributed by atoms with Crippen molar-refractivity contribution in [3.8, 4) is 6.07 Å². The van der Waals surface area contributed by atoms with Gasteiger partial charge in [0.15, 0.2) is 0 Å². The lowest BCUT2D eigenvalue weighted by molar-refractivity contribution is -0.385. The third-order valence-electron chi connectivity index (χ3n) is 2.75. The van der Waals surface area contributed by atoms with Gasteiger partial charge in [-0.15, -0.1) is 0 Å². The molecule has 108 valence electrons. The molecule has 20 heavy (non-hydrogen) atoms. The van der Waals surface area contributed by atoms with Crippen LogP contribution in [-0.4, -0.2) is 31.2 Å². The Balaban J connectivity index is 2.98.